The molecular formula is C24H31BrClN3O5S. The maximum absolute atomic E-state index is 13.2. The van der Waals surface area contributed by atoms with Crippen LogP contribution in [0.5, 0.6) is 5.75 Å². The number of hydrogen-bond donors (Lipinski definition) is 1. The molecule has 0 fully saturated rings. The number of halogens is 2. The molecule has 0 heterocycles. The number of likely N-dealkylation sites (N-methyl/N-ethyl adjacent to an activating group) is 1. The average molecular weight is 589 g/mol. The van der Waals surface area contributed by atoms with E-state index in [2.05, 4.69) is 21.2 Å². The Morgan fingerprint density at radius 1 is 1.17 bits per heavy atom. The van der Waals surface area contributed by atoms with E-state index < -0.39 is 16.1 Å². The molecule has 0 bridgehead atoms. The molecule has 1 atom stereocenters. The predicted octanol–water partition coefficient (Wildman–Crippen LogP) is 4.21. The first-order valence-electron chi connectivity index (χ1n) is 11.1. The molecule has 1 N–H and O–H groups in total. The maximum atomic E-state index is 13.2. The van der Waals surface area contributed by atoms with Crippen LogP contribution in [0.25, 0.3) is 0 Å². The van der Waals surface area contributed by atoms with Gasteiger partial charge in [0, 0.05) is 30.5 Å². The number of sulfonamides is 1. The summed E-state index contributed by atoms with van der Waals surface area (Å²) in [6, 6.07) is 11.5. The van der Waals surface area contributed by atoms with Gasteiger partial charge in [-0.2, -0.15) is 0 Å². The van der Waals surface area contributed by atoms with Crippen molar-refractivity contribution < 1.29 is 22.7 Å². The SMILES string of the molecule is CCNC(=O)[C@H](C)N(Cc1ccc(Br)cc1)C(=O)CCCN(c1ccc(OC)c(Cl)c1)S(C)(=O)=O. The fraction of sp³-hybridized carbons (Fsp3) is 0.417. The predicted molar refractivity (Wildman–Crippen MR) is 142 cm³/mol. The van der Waals surface area contributed by atoms with Gasteiger partial charge in [0.15, 0.2) is 0 Å². The highest BCUT2D eigenvalue weighted by Gasteiger charge is 2.26. The van der Waals surface area contributed by atoms with Gasteiger partial charge in [0.2, 0.25) is 21.8 Å². The second kappa shape index (κ2) is 13.1. The fourth-order valence-electron chi connectivity index (χ4n) is 3.51. The van der Waals surface area contributed by atoms with Crippen LogP contribution in [0.15, 0.2) is 46.9 Å². The summed E-state index contributed by atoms with van der Waals surface area (Å²) >= 11 is 9.57. The highest BCUT2D eigenvalue weighted by molar-refractivity contribution is 9.10. The Kier molecular flexibility index (Phi) is 10.9. The van der Waals surface area contributed by atoms with Crippen LogP contribution in [-0.2, 0) is 26.2 Å². The Balaban J connectivity index is 2.17. The molecule has 2 rings (SSSR count). The number of carbonyl (C=O) groups is 2. The Morgan fingerprint density at radius 3 is 2.37 bits per heavy atom. The molecule has 0 aliphatic heterocycles. The smallest absolute Gasteiger partial charge is 0.242 e. The average Bonchev–Trinajstić information content (AvgIpc) is 2.80. The quantitative estimate of drug-likeness (QED) is 0.401. The zero-order valence-electron chi connectivity index (χ0n) is 20.3. The number of methoxy groups -OCH3 is 1. The molecule has 0 aliphatic rings. The summed E-state index contributed by atoms with van der Waals surface area (Å²) in [7, 11) is -2.15. The number of amides is 2. The van der Waals surface area contributed by atoms with E-state index in [1.54, 1.807) is 19.1 Å². The first-order valence-corrected chi connectivity index (χ1v) is 14.1. The summed E-state index contributed by atoms with van der Waals surface area (Å²) in [6.45, 7) is 4.29. The summed E-state index contributed by atoms with van der Waals surface area (Å²) in [4.78, 5) is 27.2. The number of carbonyl (C=O) groups excluding carboxylic acids is 2. The van der Waals surface area contributed by atoms with Crippen molar-refractivity contribution in [2.24, 2.45) is 0 Å². The van der Waals surface area contributed by atoms with E-state index in [9.17, 15) is 18.0 Å². The Hall–Kier alpha value is -2.30. The van der Waals surface area contributed by atoms with E-state index >= 15 is 0 Å². The van der Waals surface area contributed by atoms with Crippen molar-refractivity contribution in [3.63, 3.8) is 0 Å². The highest BCUT2D eigenvalue weighted by atomic mass is 79.9. The minimum absolute atomic E-state index is 0.0657. The minimum Gasteiger partial charge on any atom is -0.495 e. The highest BCUT2D eigenvalue weighted by Crippen LogP contribution is 2.30. The number of nitrogens with zero attached hydrogens (tertiary/aromatic N) is 2. The number of hydrogen-bond acceptors (Lipinski definition) is 5. The van der Waals surface area contributed by atoms with Crippen molar-refractivity contribution in [1.82, 2.24) is 10.2 Å². The van der Waals surface area contributed by atoms with Crippen LogP contribution < -0.4 is 14.4 Å². The largest absolute Gasteiger partial charge is 0.495 e. The molecule has 11 heteroatoms. The van der Waals surface area contributed by atoms with E-state index in [0.29, 0.717) is 18.0 Å². The van der Waals surface area contributed by atoms with E-state index in [1.807, 2.05) is 31.2 Å². The Labute approximate surface area is 220 Å². The molecule has 0 unspecified atom stereocenters. The molecule has 8 nitrogen and oxygen atoms in total. The lowest BCUT2D eigenvalue weighted by Gasteiger charge is -2.29. The molecule has 0 aliphatic carbocycles. The molecule has 0 saturated heterocycles. The van der Waals surface area contributed by atoms with Gasteiger partial charge in [-0.05, 0) is 56.2 Å². The molecule has 2 aromatic rings. The van der Waals surface area contributed by atoms with Crippen molar-refractivity contribution in [2.75, 3.05) is 30.8 Å². The van der Waals surface area contributed by atoms with Crippen molar-refractivity contribution in [1.29, 1.82) is 0 Å². The Morgan fingerprint density at radius 2 is 1.83 bits per heavy atom. The summed E-state index contributed by atoms with van der Waals surface area (Å²) in [5.74, 6) is -0.0570. The third-order valence-corrected chi connectivity index (χ3v) is 7.38. The van der Waals surface area contributed by atoms with Gasteiger partial charge < -0.3 is 15.0 Å². The van der Waals surface area contributed by atoms with E-state index in [-0.39, 0.29) is 42.8 Å². The van der Waals surface area contributed by atoms with Gasteiger partial charge in [-0.15, -0.1) is 0 Å². The molecule has 35 heavy (non-hydrogen) atoms. The second-order valence-electron chi connectivity index (χ2n) is 7.98. The second-order valence-corrected chi connectivity index (χ2v) is 11.2. The molecule has 192 valence electrons. The van der Waals surface area contributed by atoms with E-state index in [0.717, 1.165) is 16.3 Å². The number of rotatable bonds is 12. The summed E-state index contributed by atoms with van der Waals surface area (Å²) in [5.41, 5.74) is 1.26. The van der Waals surface area contributed by atoms with Gasteiger partial charge in [0.05, 0.1) is 24.1 Å². The molecule has 0 radical (unpaired) electrons. The van der Waals surface area contributed by atoms with Crippen LogP contribution in [0.4, 0.5) is 5.69 Å². The summed E-state index contributed by atoms with van der Waals surface area (Å²) < 4.78 is 32.1. The monoisotopic (exact) mass is 587 g/mol. The summed E-state index contributed by atoms with van der Waals surface area (Å²) in [5, 5.41) is 3.04. The van der Waals surface area contributed by atoms with Crippen LogP contribution in [0.1, 0.15) is 32.3 Å². The van der Waals surface area contributed by atoms with Crippen molar-refractivity contribution in [3.8, 4) is 5.75 Å². The third-order valence-electron chi connectivity index (χ3n) is 5.36. The molecule has 2 aromatic carbocycles. The molecular weight excluding hydrogens is 558 g/mol. The Bertz CT molecular complexity index is 1130. The first kappa shape index (κ1) is 28.9. The lowest BCUT2D eigenvalue weighted by atomic mass is 10.1. The van der Waals surface area contributed by atoms with Crippen molar-refractivity contribution in [3.05, 3.63) is 57.5 Å². The molecule has 2 amide bonds. The van der Waals surface area contributed by atoms with Crippen LogP contribution in [0, 0.1) is 0 Å². The zero-order chi connectivity index (χ0) is 26.2. The number of nitrogens with one attached hydrogen (secondary N) is 1. The lowest BCUT2D eigenvalue weighted by Crippen LogP contribution is -2.47. The molecule has 0 saturated carbocycles. The lowest BCUT2D eigenvalue weighted by molar-refractivity contribution is -0.140. The van der Waals surface area contributed by atoms with Crippen molar-refractivity contribution >= 4 is 55.1 Å². The third kappa shape index (κ3) is 8.40. The zero-order valence-corrected chi connectivity index (χ0v) is 23.4. The summed E-state index contributed by atoms with van der Waals surface area (Å²) in [6.07, 6.45) is 1.43. The first-order chi connectivity index (χ1) is 16.5. The van der Waals surface area contributed by atoms with Gasteiger partial charge in [-0.3, -0.25) is 13.9 Å². The van der Waals surface area contributed by atoms with E-state index in [4.69, 9.17) is 16.3 Å². The van der Waals surface area contributed by atoms with Gasteiger partial charge in [0.1, 0.15) is 11.8 Å². The van der Waals surface area contributed by atoms with Gasteiger partial charge in [-0.25, -0.2) is 8.42 Å². The van der Waals surface area contributed by atoms with Crippen LogP contribution >= 0.6 is 27.5 Å². The van der Waals surface area contributed by atoms with Gasteiger partial charge >= 0.3 is 0 Å². The standard InChI is InChI=1S/C24H31BrClN3O5S/c1-5-27-24(31)17(2)28(16-18-8-10-19(25)11-9-18)23(30)7-6-14-29(35(4,32)33)20-12-13-22(34-3)21(26)15-20/h8-13,15,17H,5-7,14,16H2,1-4H3,(H,27,31)/t17-/m0/s1. The maximum Gasteiger partial charge on any atom is 0.242 e. The van der Waals surface area contributed by atoms with Crippen LogP contribution in [0.2, 0.25) is 5.02 Å². The van der Waals surface area contributed by atoms with Gasteiger partial charge in [-0.1, -0.05) is 39.7 Å². The van der Waals surface area contributed by atoms with Crippen LogP contribution in [0.3, 0.4) is 0 Å². The minimum atomic E-state index is -3.62. The normalized spacial score (nSPS) is 12.1. The molecule has 0 spiro atoms. The van der Waals surface area contributed by atoms with Crippen molar-refractivity contribution in [2.45, 2.75) is 39.3 Å². The van der Waals surface area contributed by atoms with E-state index in [1.165, 1.54) is 22.4 Å². The topological polar surface area (TPSA) is 96.0 Å². The number of anilines is 1. The van der Waals surface area contributed by atoms with Gasteiger partial charge in [0.25, 0.3) is 0 Å². The number of benzene rings is 2. The fourth-order valence-corrected chi connectivity index (χ4v) is 4.98. The number of ether oxygens (including phenoxy) is 1. The molecule has 0 aromatic heterocycles. The van der Waals surface area contributed by atoms with Crippen LogP contribution in [-0.4, -0.2) is 57.6 Å².